The lowest BCUT2D eigenvalue weighted by Gasteiger charge is -2.10. The summed E-state index contributed by atoms with van der Waals surface area (Å²) in [6.45, 7) is 1.18. The summed E-state index contributed by atoms with van der Waals surface area (Å²) in [6.07, 6.45) is -9.66. The Morgan fingerprint density at radius 2 is 1.65 bits per heavy atom. The lowest BCUT2D eigenvalue weighted by Crippen LogP contribution is -2.08. The number of hydrogen-bond acceptors (Lipinski definition) is 3. The van der Waals surface area contributed by atoms with Crippen LogP contribution >= 0.6 is 0 Å². The highest BCUT2D eigenvalue weighted by Crippen LogP contribution is 2.44. The van der Waals surface area contributed by atoms with Crippen LogP contribution in [-0.4, -0.2) is 16.5 Å². The summed E-state index contributed by atoms with van der Waals surface area (Å²) in [5.74, 6) is 0. The Bertz CT molecular complexity index is 793. The molecule has 2 rings (SSSR count). The number of alkyl halides is 6. The zero-order valence-corrected chi connectivity index (χ0v) is 13.2. The number of ether oxygens (including phenoxy) is 1. The Morgan fingerprint density at radius 3 is 2.08 bits per heavy atom. The summed E-state index contributed by atoms with van der Waals surface area (Å²) in [4.78, 5) is 12.2. The number of aromatic amines is 1. The highest BCUT2D eigenvalue weighted by atomic mass is 19.4. The Balaban J connectivity index is 2.68. The number of nitrogens with zero attached hydrogens (tertiary/aromatic N) is 1. The molecule has 0 bridgehead atoms. The molecule has 0 aliphatic carbocycles. The van der Waals surface area contributed by atoms with Gasteiger partial charge in [-0.1, -0.05) is 12.1 Å². The van der Waals surface area contributed by atoms with Crippen LogP contribution in [0.25, 0.3) is 11.1 Å². The van der Waals surface area contributed by atoms with Crippen LogP contribution in [0.4, 0.5) is 32.0 Å². The molecule has 0 fully saturated rings. The number of halogens is 6. The summed E-state index contributed by atoms with van der Waals surface area (Å²) in [7, 11) is 0. The van der Waals surface area contributed by atoms with E-state index in [2.05, 4.69) is 0 Å². The summed E-state index contributed by atoms with van der Waals surface area (Å²) in [6, 6.07) is 2.65. The average Bonchev–Trinajstić information content (AvgIpc) is 2.92. The third kappa shape index (κ3) is 3.98. The van der Waals surface area contributed by atoms with Gasteiger partial charge in [-0.15, -0.1) is 0 Å². The van der Waals surface area contributed by atoms with Crippen LogP contribution in [0, 0.1) is 10.1 Å². The summed E-state index contributed by atoms with van der Waals surface area (Å²) in [5, 5.41) is 11.3. The molecule has 0 saturated heterocycles. The van der Waals surface area contributed by atoms with Crippen molar-refractivity contribution in [3.63, 3.8) is 0 Å². The van der Waals surface area contributed by atoms with E-state index in [9.17, 15) is 36.5 Å². The van der Waals surface area contributed by atoms with Crippen molar-refractivity contribution in [2.75, 3.05) is 6.61 Å². The molecule has 1 N–H and O–H groups in total. The molecule has 2 aromatic rings. The molecule has 0 aliphatic heterocycles. The van der Waals surface area contributed by atoms with Crippen molar-refractivity contribution in [2.45, 2.75) is 25.9 Å². The first kappa shape index (κ1) is 19.8. The molecule has 0 spiro atoms. The minimum atomic E-state index is -4.98. The smallest absolute Gasteiger partial charge is 0.375 e. The molecule has 0 atom stereocenters. The van der Waals surface area contributed by atoms with Crippen molar-refractivity contribution in [3.05, 3.63) is 51.3 Å². The molecule has 0 saturated carbocycles. The minimum absolute atomic E-state index is 0.104. The fourth-order valence-corrected chi connectivity index (χ4v) is 2.37. The third-order valence-corrected chi connectivity index (χ3v) is 3.47. The van der Waals surface area contributed by atoms with Crippen LogP contribution < -0.4 is 0 Å². The maximum absolute atomic E-state index is 13.3. The fourth-order valence-electron chi connectivity index (χ4n) is 2.37. The van der Waals surface area contributed by atoms with Crippen molar-refractivity contribution < 1.29 is 36.0 Å². The van der Waals surface area contributed by atoms with Gasteiger partial charge in [0.15, 0.2) is 0 Å². The molecule has 1 aromatic carbocycles. The van der Waals surface area contributed by atoms with Crippen LogP contribution in [0.15, 0.2) is 24.3 Å². The molecule has 1 aromatic heterocycles. The van der Waals surface area contributed by atoms with Gasteiger partial charge in [0, 0.05) is 6.61 Å². The number of H-pyrrole nitrogens is 1. The monoisotopic (exact) mass is 382 g/mol. The van der Waals surface area contributed by atoms with E-state index < -0.39 is 52.1 Å². The van der Waals surface area contributed by atoms with Gasteiger partial charge in [-0.2, -0.15) is 26.3 Å². The van der Waals surface area contributed by atoms with Gasteiger partial charge in [0.1, 0.15) is 11.4 Å². The molecular formula is C15H12F6N2O3. The highest BCUT2D eigenvalue weighted by molar-refractivity contribution is 5.79. The van der Waals surface area contributed by atoms with Gasteiger partial charge < -0.3 is 9.72 Å². The second-order valence-corrected chi connectivity index (χ2v) is 5.17. The topological polar surface area (TPSA) is 68.2 Å². The summed E-state index contributed by atoms with van der Waals surface area (Å²) >= 11 is 0. The van der Waals surface area contributed by atoms with Gasteiger partial charge in [-0.3, -0.25) is 10.1 Å². The second kappa shape index (κ2) is 6.98. The maximum Gasteiger partial charge on any atom is 0.432 e. The van der Waals surface area contributed by atoms with Gasteiger partial charge in [-0.25, -0.2) is 0 Å². The Hall–Kier alpha value is -2.56. The van der Waals surface area contributed by atoms with E-state index >= 15 is 0 Å². The molecule has 0 unspecified atom stereocenters. The number of nitrogens with one attached hydrogen (secondary N) is 1. The second-order valence-electron chi connectivity index (χ2n) is 5.17. The molecular weight excluding hydrogens is 370 g/mol. The van der Waals surface area contributed by atoms with Crippen molar-refractivity contribution in [1.29, 1.82) is 0 Å². The molecule has 0 aliphatic rings. The van der Waals surface area contributed by atoms with Gasteiger partial charge in [0.2, 0.25) is 0 Å². The quantitative estimate of drug-likeness (QED) is 0.441. The minimum Gasteiger partial charge on any atom is -0.375 e. The number of rotatable bonds is 5. The van der Waals surface area contributed by atoms with E-state index in [0.29, 0.717) is 12.1 Å². The van der Waals surface area contributed by atoms with E-state index in [1.54, 1.807) is 6.92 Å². The SMILES string of the molecule is CCOCc1[nH]c(C(F)(F)F)c(-c2ccc(C(F)(F)F)cc2)c1[N+](=O)[O-]. The number of aromatic nitrogens is 1. The zero-order valence-electron chi connectivity index (χ0n) is 13.2. The van der Waals surface area contributed by atoms with Crippen molar-refractivity contribution >= 4 is 5.69 Å². The van der Waals surface area contributed by atoms with Crippen LogP contribution in [0.5, 0.6) is 0 Å². The maximum atomic E-state index is 13.3. The molecule has 1 heterocycles. The summed E-state index contributed by atoms with van der Waals surface area (Å²) < 4.78 is 82.8. The van der Waals surface area contributed by atoms with Crippen LogP contribution in [0.1, 0.15) is 23.9 Å². The first-order valence-electron chi connectivity index (χ1n) is 7.18. The molecule has 5 nitrogen and oxygen atoms in total. The van der Waals surface area contributed by atoms with Crippen LogP contribution in [-0.2, 0) is 23.7 Å². The first-order chi connectivity index (χ1) is 12.0. The standard InChI is InChI=1S/C15H12F6N2O3/c1-2-26-7-10-12(23(24)25)11(13(22-10)15(19,20)21)8-3-5-9(6-4-8)14(16,17)18/h3-6,22H,2,7H2,1H3. The lowest BCUT2D eigenvalue weighted by atomic mass is 10.0. The molecule has 26 heavy (non-hydrogen) atoms. The van der Waals surface area contributed by atoms with Gasteiger partial charge in [0.25, 0.3) is 0 Å². The number of benzene rings is 1. The molecule has 0 amide bonds. The first-order valence-corrected chi connectivity index (χ1v) is 7.18. The van der Waals surface area contributed by atoms with Crippen molar-refractivity contribution in [1.82, 2.24) is 4.98 Å². The number of hydrogen-bond donors (Lipinski definition) is 1. The van der Waals surface area contributed by atoms with Crippen molar-refractivity contribution in [2.24, 2.45) is 0 Å². The van der Waals surface area contributed by atoms with Gasteiger partial charge >= 0.3 is 18.0 Å². The van der Waals surface area contributed by atoms with Crippen molar-refractivity contribution in [3.8, 4) is 11.1 Å². The normalized spacial score (nSPS) is 12.4. The lowest BCUT2D eigenvalue weighted by molar-refractivity contribution is -0.385. The third-order valence-electron chi connectivity index (χ3n) is 3.47. The van der Waals surface area contributed by atoms with Crippen LogP contribution in [0.3, 0.4) is 0 Å². The van der Waals surface area contributed by atoms with Gasteiger partial charge in [0.05, 0.1) is 22.7 Å². The predicted molar refractivity (Wildman–Crippen MR) is 78.2 cm³/mol. The predicted octanol–water partition coefficient (Wildman–Crippen LogP) is 5.16. The van der Waals surface area contributed by atoms with Gasteiger partial charge in [-0.05, 0) is 24.6 Å². The molecule has 142 valence electrons. The zero-order chi connectivity index (χ0) is 19.7. The largest absolute Gasteiger partial charge is 0.432 e. The van der Waals surface area contributed by atoms with Crippen LogP contribution in [0.2, 0.25) is 0 Å². The van der Waals surface area contributed by atoms with E-state index in [1.165, 1.54) is 0 Å². The van der Waals surface area contributed by atoms with E-state index in [0.717, 1.165) is 12.1 Å². The Kier molecular flexibility index (Phi) is 5.31. The van der Waals surface area contributed by atoms with E-state index in [-0.39, 0.29) is 12.2 Å². The van der Waals surface area contributed by atoms with E-state index in [1.807, 2.05) is 4.98 Å². The highest BCUT2D eigenvalue weighted by Gasteiger charge is 2.42. The Morgan fingerprint density at radius 1 is 1.08 bits per heavy atom. The Labute approximate surface area is 142 Å². The summed E-state index contributed by atoms with van der Waals surface area (Å²) in [5.41, 5.74) is -4.99. The molecule has 11 heteroatoms. The fraction of sp³-hybridized carbons (Fsp3) is 0.333. The number of nitro groups is 1. The van der Waals surface area contributed by atoms with E-state index in [4.69, 9.17) is 4.74 Å². The average molecular weight is 382 g/mol. The molecule has 0 radical (unpaired) electrons.